The summed E-state index contributed by atoms with van der Waals surface area (Å²) in [7, 11) is 0. The molecular formula is C14H16ClNO2. The van der Waals surface area contributed by atoms with Gasteiger partial charge in [0, 0.05) is 23.0 Å². The van der Waals surface area contributed by atoms with Crippen LogP contribution < -0.4 is 5.73 Å². The number of halogens is 1. The second-order valence-corrected chi connectivity index (χ2v) is 4.77. The van der Waals surface area contributed by atoms with E-state index in [2.05, 4.69) is 0 Å². The molecular weight excluding hydrogens is 250 g/mol. The molecule has 2 rings (SSSR count). The Morgan fingerprint density at radius 3 is 2.67 bits per heavy atom. The average molecular weight is 266 g/mol. The van der Waals surface area contributed by atoms with Crippen molar-refractivity contribution < 1.29 is 9.52 Å². The molecule has 0 saturated heterocycles. The second kappa shape index (κ2) is 5.57. The van der Waals surface area contributed by atoms with Crippen LogP contribution in [0.5, 0.6) is 0 Å². The van der Waals surface area contributed by atoms with E-state index in [-0.39, 0.29) is 5.92 Å². The Hall–Kier alpha value is -1.29. The maximum absolute atomic E-state index is 10.4. The molecule has 0 aliphatic heterocycles. The number of rotatable bonds is 4. The van der Waals surface area contributed by atoms with Crippen molar-refractivity contribution >= 4 is 11.6 Å². The van der Waals surface area contributed by atoms with E-state index < -0.39 is 6.10 Å². The van der Waals surface area contributed by atoms with Gasteiger partial charge in [0.05, 0.1) is 12.4 Å². The summed E-state index contributed by atoms with van der Waals surface area (Å²) in [4.78, 5) is 0. The number of furan rings is 1. The van der Waals surface area contributed by atoms with Crippen LogP contribution in [0, 0.1) is 6.92 Å². The molecule has 4 heteroatoms. The van der Waals surface area contributed by atoms with Crippen molar-refractivity contribution in [1.29, 1.82) is 0 Å². The van der Waals surface area contributed by atoms with Crippen molar-refractivity contribution in [2.24, 2.45) is 5.73 Å². The Bertz CT molecular complexity index is 524. The lowest BCUT2D eigenvalue weighted by Gasteiger charge is -2.21. The highest BCUT2D eigenvalue weighted by atomic mass is 35.5. The lowest BCUT2D eigenvalue weighted by Crippen LogP contribution is -2.19. The molecule has 3 N–H and O–H groups in total. The van der Waals surface area contributed by atoms with Gasteiger partial charge in [0.1, 0.15) is 5.76 Å². The van der Waals surface area contributed by atoms with Gasteiger partial charge >= 0.3 is 0 Å². The van der Waals surface area contributed by atoms with Gasteiger partial charge < -0.3 is 15.3 Å². The molecule has 0 aliphatic carbocycles. The Morgan fingerprint density at radius 1 is 1.33 bits per heavy atom. The van der Waals surface area contributed by atoms with Crippen molar-refractivity contribution in [1.82, 2.24) is 0 Å². The minimum atomic E-state index is -0.689. The number of aryl methyl sites for hydroxylation is 1. The van der Waals surface area contributed by atoms with Crippen molar-refractivity contribution in [3.8, 4) is 0 Å². The third-order valence-corrected chi connectivity index (χ3v) is 3.24. The van der Waals surface area contributed by atoms with E-state index in [1.807, 2.05) is 31.2 Å². The maximum Gasteiger partial charge on any atom is 0.101 e. The number of hydrogen-bond acceptors (Lipinski definition) is 3. The molecule has 0 spiro atoms. The van der Waals surface area contributed by atoms with Gasteiger partial charge in [-0.05, 0) is 30.7 Å². The fourth-order valence-corrected chi connectivity index (χ4v) is 2.23. The molecule has 0 amide bonds. The number of nitrogens with two attached hydrogens (primary N) is 1. The standard InChI is InChI=1S/C14H16ClNO2/c1-9-5-11(8-18-9)14(17)13(7-16)10-3-2-4-12(15)6-10/h2-6,8,13-14,17H,7,16H2,1H3. The summed E-state index contributed by atoms with van der Waals surface area (Å²) in [5.41, 5.74) is 7.43. The minimum absolute atomic E-state index is 0.194. The number of benzene rings is 1. The lowest BCUT2D eigenvalue weighted by atomic mass is 9.90. The molecule has 2 unspecified atom stereocenters. The summed E-state index contributed by atoms with van der Waals surface area (Å²) < 4.78 is 5.21. The topological polar surface area (TPSA) is 59.4 Å². The zero-order chi connectivity index (χ0) is 13.1. The third-order valence-electron chi connectivity index (χ3n) is 3.00. The highest BCUT2D eigenvalue weighted by Crippen LogP contribution is 2.32. The van der Waals surface area contributed by atoms with Gasteiger partial charge in [-0.3, -0.25) is 0 Å². The zero-order valence-corrected chi connectivity index (χ0v) is 10.9. The molecule has 0 aliphatic rings. The molecule has 0 radical (unpaired) electrons. The molecule has 1 aromatic heterocycles. The van der Waals surface area contributed by atoms with Crippen LogP contribution >= 0.6 is 11.6 Å². The van der Waals surface area contributed by atoms with Crippen LogP contribution in [0.3, 0.4) is 0 Å². The second-order valence-electron chi connectivity index (χ2n) is 4.33. The predicted octanol–water partition coefficient (Wildman–Crippen LogP) is 3.02. The molecule has 0 bridgehead atoms. The summed E-state index contributed by atoms with van der Waals surface area (Å²) in [6.45, 7) is 2.18. The third kappa shape index (κ3) is 2.75. The summed E-state index contributed by atoms with van der Waals surface area (Å²) >= 11 is 5.96. The van der Waals surface area contributed by atoms with E-state index in [1.54, 1.807) is 12.3 Å². The number of hydrogen-bond donors (Lipinski definition) is 2. The molecule has 1 aromatic carbocycles. The molecule has 2 atom stereocenters. The highest BCUT2D eigenvalue weighted by molar-refractivity contribution is 6.30. The van der Waals surface area contributed by atoms with Crippen molar-refractivity contribution in [3.63, 3.8) is 0 Å². The van der Waals surface area contributed by atoms with E-state index in [9.17, 15) is 5.11 Å². The minimum Gasteiger partial charge on any atom is -0.469 e. The molecule has 2 aromatic rings. The normalized spacial score (nSPS) is 14.4. The molecule has 1 heterocycles. The SMILES string of the molecule is Cc1cc(C(O)C(CN)c2cccc(Cl)c2)co1. The van der Waals surface area contributed by atoms with Gasteiger partial charge in [0.2, 0.25) is 0 Å². The van der Waals surface area contributed by atoms with E-state index in [0.717, 1.165) is 16.9 Å². The smallest absolute Gasteiger partial charge is 0.101 e. The Labute approximate surface area is 111 Å². The van der Waals surface area contributed by atoms with Crippen LogP contribution in [0.25, 0.3) is 0 Å². The molecule has 0 fully saturated rings. The monoisotopic (exact) mass is 265 g/mol. The number of aliphatic hydroxyl groups excluding tert-OH is 1. The van der Waals surface area contributed by atoms with E-state index in [4.69, 9.17) is 21.8 Å². The van der Waals surface area contributed by atoms with Gasteiger partial charge in [-0.2, -0.15) is 0 Å². The van der Waals surface area contributed by atoms with E-state index in [1.165, 1.54) is 0 Å². The Balaban J connectivity index is 2.28. The predicted molar refractivity (Wildman–Crippen MR) is 71.7 cm³/mol. The maximum atomic E-state index is 10.4. The largest absolute Gasteiger partial charge is 0.469 e. The molecule has 96 valence electrons. The summed E-state index contributed by atoms with van der Waals surface area (Å²) in [5.74, 6) is 0.576. The first-order valence-electron chi connectivity index (χ1n) is 5.80. The van der Waals surface area contributed by atoms with Crippen LogP contribution in [0.15, 0.2) is 41.0 Å². The zero-order valence-electron chi connectivity index (χ0n) is 10.1. The van der Waals surface area contributed by atoms with E-state index in [0.29, 0.717) is 11.6 Å². The van der Waals surface area contributed by atoms with Crippen LogP contribution in [0.2, 0.25) is 5.02 Å². The van der Waals surface area contributed by atoms with Gasteiger partial charge in [0.25, 0.3) is 0 Å². The Kier molecular flexibility index (Phi) is 4.07. The molecule has 0 saturated carbocycles. The van der Waals surface area contributed by atoms with Crippen molar-refractivity contribution in [3.05, 3.63) is 58.5 Å². The van der Waals surface area contributed by atoms with Crippen molar-refractivity contribution in [2.75, 3.05) is 6.54 Å². The average Bonchev–Trinajstić information content (AvgIpc) is 2.77. The van der Waals surface area contributed by atoms with Gasteiger partial charge in [-0.15, -0.1) is 0 Å². The quantitative estimate of drug-likeness (QED) is 0.893. The summed E-state index contributed by atoms with van der Waals surface area (Å²) in [5, 5.41) is 11.0. The van der Waals surface area contributed by atoms with Gasteiger partial charge in [-0.1, -0.05) is 23.7 Å². The fourth-order valence-electron chi connectivity index (χ4n) is 2.04. The summed E-state index contributed by atoms with van der Waals surface area (Å²) in [6.07, 6.45) is 0.874. The summed E-state index contributed by atoms with van der Waals surface area (Å²) in [6, 6.07) is 9.22. The first-order chi connectivity index (χ1) is 8.61. The van der Waals surface area contributed by atoms with Crippen molar-refractivity contribution in [2.45, 2.75) is 18.9 Å². The van der Waals surface area contributed by atoms with Crippen LogP contribution in [-0.4, -0.2) is 11.7 Å². The van der Waals surface area contributed by atoms with Gasteiger partial charge in [0.15, 0.2) is 0 Å². The van der Waals surface area contributed by atoms with Crippen LogP contribution in [0.4, 0.5) is 0 Å². The highest BCUT2D eigenvalue weighted by Gasteiger charge is 2.23. The van der Waals surface area contributed by atoms with Crippen LogP contribution in [0.1, 0.15) is 28.9 Å². The van der Waals surface area contributed by atoms with Gasteiger partial charge in [-0.25, -0.2) is 0 Å². The lowest BCUT2D eigenvalue weighted by molar-refractivity contribution is 0.146. The Morgan fingerprint density at radius 2 is 2.11 bits per heavy atom. The first kappa shape index (κ1) is 13.1. The number of aliphatic hydroxyl groups is 1. The fraction of sp³-hybridized carbons (Fsp3) is 0.286. The molecule has 3 nitrogen and oxygen atoms in total. The first-order valence-corrected chi connectivity index (χ1v) is 6.18. The molecule has 18 heavy (non-hydrogen) atoms. The van der Waals surface area contributed by atoms with Crippen LogP contribution in [-0.2, 0) is 0 Å². The van der Waals surface area contributed by atoms with E-state index >= 15 is 0 Å².